The molecule has 2 amide bonds. The van der Waals surface area contributed by atoms with Crippen LogP contribution in [-0.2, 0) is 15.0 Å². The highest BCUT2D eigenvalue weighted by atomic mass is 16.2. The lowest BCUT2D eigenvalue weighted by molar-refractivity contribution is -0.118. The van der Waals surface area contributed by atoms with Gasteiger partial charge in [0.15, 0.2) is 0 Å². The fourth-order valence-corrected chi connectivity index (χ4v) is 3.79. The second-order valence-electron chi connectivity index (χ2n) is 9.44. The summed E-state index contributed by atoms with van der Waals surface area (Å²) in [5, 5.41) is 5.51. The molecule has 12 heteroatoms. The first-order chi connectivity index (χ1) is 14.8. The number of nitrogens with zero attached hydrogens (tertiary/aromatic N) is 1. The smallest absolute Gasteiger partial charge is 0.271 e. The van der Waals surface area contributed by atoms with E-state index in [4.69, 9.17) is 0 Å². The van der Waals surface area contributed by atoms with Crippen molar-refractivity contribution >= 4 is 98.3 Å². The summed E-state index contributed by atoms with van der Waals surface area (Å²) in [5.74, 6) is -0.378. The van der Waals surface area contributed by atoms with Gasteiger partial charge in [-0.2, -0.15) is 0 Å². The Morgan fingerprint density at radius 3 is 2.06 bits per heavy atom. The van der Waals surface area contributed by atoms with Gasteiger partial charge in [0.25, 0.3) is 5.91 Å². The summed E-state index contributed by atoms with van der Waals surface area (Å²) in [6, 6.07) is 0. The molecule has 0 fully saturated rings. The molecule has 0 aliphatic rings. The summed E-state index contributed by atoms with van der Waals surface area (Å²) in [5.41, 5.74) is 10.2. The number of rotatable bonds is 6. The molecule has 0 spiro atoms. The molecule has 0 aliphatic heterocycles. The van der Waals surface area contributed by atoms with Gasteiger partial charge in [-0.1, -0.05) is 31.7 Å². The number of carbonyl (C=O) groups excluding carboxylic acids is 2. The zero-order valence-corrected chi connectivity index (χ0v) is 21.0. The van der Waals surface area contributed by atoms with Crippen molar-refractivity contribution in [3.8, 4) is 0 Å². The summed E-state index contributed by atoms with van der Waals surface area (Å²) < 4.78 is 0. The van der Waals surface area contributed by atoms with Crippen molar-refractivity contribution in [2.75, 3.05) is 0 Å². The summed E-state index contributed by atoms with van der Waals surface area (Å²) in [4.78, 5) is 32.0. The molecule has 0 saturated heterocycles. The Kier molecular flexibility index (Phi) is 7.81. The summed E-state index contributed by atoms with van der Waals surface area (Å²) >= 11 is 0. The van der Waals surface area contributed by atoms with Gasteiger partial charge in [0, 0.05) is 16.8 Å². The number of aromatic nitrogens is 2. The van der Waals surface area contributed by atoms with Gasteiger partial charge in [-0.15, -0.1) is 16.4 Å². The number of hydrogen-bond acceptors (Lipinski definition) is 3. The van der Waals surface area contributed by atoms with E-state index in [-0.39, 0.29) is 17.0 Å². The van der Waals surface area contributed by atoms with E-state index in [9.17, 15) is 9.59 Å². The van der Waals surface area contributed by atoms with Gasteiger partial charge in [0.1, 0.15) is 52.8 Å². The molecule has 2 rings (SSSR count). The largest absolute Gasteiger partial charge is 0.348 e. The molecule has 1 aromatic heterocycles. The molecule has 0 bridgehead atoms. The highest BCUT2D eigenvalue weighted by Gasteiger charge is 2.22. The SMILES string of the molecule is B/C(=C(\C)NC(=O)/C(=C/c1c(B)c(B)c(B)c(B)c1B)NC=O)c1nc[nH]c1C(C)(C)C. The molecule has 1 aromatic carbocycles. The Balaban J connectivity index is 2.48. The Morgan fingerprint density at radius 2 is 1.56 bits per heavy atom. The monoisotopic (exact) mass is 424 g/mol. The Bertz CT molecular complexity index is 1100. The molecular formula is C20H30B6N4O2. The lowest BCUT2D eigenvalue weighted by atomic mass is 9.60. The highest BCUT2D eigenvalue weighted by molar-refractivity contribution is 6.67. The van der Waals surface area contributed by atoms with Crippen LogP contribution >= 0.6 is 0 Å². The number of imidazole rings is 1. The van der Waals surface area contributed by atoms with Crippen LogP contribution in [-0.4, -0.2) is 69.4 Å². The van der Waals surface area contributed by atoms with E-state index in [0.717, 1.165) is 33.3 Å². The van der Waals surface area contributed by atoms with Gasteiger partial charge in [-0.05, 0) is 24.0 Å². The van der Waals surface area contributed by atoms with Gasteiger partial charge in [0.2, 0.25) is 6.41 Å². The van der Waals surface area contributed by atoms with Crippen LogP contribution in [0.1, 0.15) is 44.6 Å². The van der Waals surface area contributed by atoms with Crippen molar-refractivity contribution in [3.05, 3.63) is 34.7 Å². The molecule has 1 heterocycles. The van der Waals surface area contributed by atoms with Crippen LogP contribution in [0.5, 0.6) is 0 Å². The third-order valence-corrected chi connectivity index (χ3v) is 6.41. The molecule has 3 N–H and O–H groups in total. The minimum absolute atomic E-state index is 0.113. The van der Waals surface area contributed by atoms with Crippen molar-refractivity contribution in [3.63, 3.8) is 0 Å². The zero-order valence-electron chi connectivity index (χ0n) is 21.0. The van der Waals surface area contributed by atoms with E-state index < -0.39 is 0 Å². The number of H-pyrrole nitrogens is 1. The predicted octanol–water partition coefficient (Wildman–Crippen LogP) is -6.78. The van der Waals surface area contributed by atoms with Crippen LogP contribution in [0.15, 0.2) is 17.7 Å². The number of carbonyl (C=O) groups is 2. The number of nitrogens with one attached hydrogen (secondary N) is 3. The molecular weight excluding hydrogens is 393 g/mol. The number of aromatic amines is 1. The van der Waals surface area contributed by atoms with E-state index in [1.807, 2.05) is 30.5 Å². The van der Waals surface area contributed by atoms with Gasteiger partial charge in [-0.25, -0.2) is 4.98 Å². The number of benzene rings is 1. The summed E-state index contributed by atoms with van der Waals surface area (Å²) in [7, 11) is 12.3. The number of amides is 2. The minimum Gasteiger partial charge on any atom is -0.348 e. The molecule has 2 aromatic rings. The van der Waals surface area contributed by atoms with Crippen molar-refractivity contribution in [1.82, 2.24) is 20.6 Å². The number of allylic oxidation sites excluding steroid dienone is 1. The third-order valence-electron chi connectivity index (χ3n) is 6.41. The minimum atomic E-state index is -0.378. The summed E-state index contributed by atoms with van der Waals surface area (Å²) in [6.07, 6.45) is 3.95. The predicted molar refractivity (Wildman–Crippen MR) is 151 cm³/mol. The first-order valence-corrected chi connectivity index (χ1v) is 10.8. The molecule has 0 radical (unpaired) electrons. The summed E-state index contributed by atoms with van der Waals surface area (Å²) in [6.45, 7) is 8.16. The van der Waals surface area contributed by atoms with Gasteiger partial charge >= 0.3 is 0 Å². The normalized spacial score (nSPS) is 12.8. The first-order valence-electron chi connectivity index (χ1n) is 10.8. The van der Waals surface area contributed by atoms with E-state index in [2.05, 4.69) is 64.9 Å². The van der Waals surface area contributed by atoms with Crippen LogP contribution in [0.2, 0.25) is 0 Å². The molecule has 6 nitrogen and oxygen atoms in total. The van der Waals surface area contributed by atoms with E-state index in [1.54, 1.807) is 12.4 Å². The van der Waals surface area contributed by atoms with Gasteiger partial charge in [0.05, 0.1) is 12.0 Å². The Labute approximate surface area is 196 Å². The van der Waals surface area contributed by atoms with Gasteiger partial charge in [-0.3, -0.25) is 9.59 Å². The van der Waals surface area contributed by atoms with E-state index >= 15 is 0 Å². The van der Waals surface area contributed by atoms with Gasteiger partial charge < -0.3 is 15.6 Å². The van der Waals surface area contributed by atoms with E-state index in [1.165, 1.54) is 16.4 Å². The highest BCUT2D eigenvalue weighted by Crippen LogP contribution is 2.27. The van der Waals surface area contributed by atoms with E-state index in [0.29, 0.717) is 12.1 Å². The van der Waals surface area contributed by atoms with Crippen LogP contribution in [0.25, 0.3) is 11.5 Å². The second kappa shape index (κ2) is 9.80. The average Bonchev–Trinajstić information content (AvgIpc) is 3.23. The van der Waals surface area contributed by atoms with Crippen molar-refractivity contribution in [2.45, 2.75) is 33.1 Å². The van der Waals surface area contributed by atoms with Crippen LogP contribution in [0.3, 0.4) is 0 Å². The molecule has 160 valence electrons. The Hall–Kier alpha value is -2.76. The first kappa shape index (κ1) is 25.5. The fourth-order valence-electron chi connectivity index (χ4n) is 3.79. The maximum absolute atomic E-state index is 13.1. The lowest BCUT2D eigenvalue weighted by Gasteiger charge is -2.20. The average molecular weight is 423 g/mol. The van der Waals surface area contributed by atoms with Crippen molar-refractivity contribution < 1.29 is 9.59 Å². The Morgan fingerprint density at radius 1 is 1.03 bits per heavy atom. The molecule has 32 heavy (non-hydrogen) atoms. The maximum Gasteiger partial charge on any atom is 0.271 e. The van der Waals surface area contributed by atoms with Crippen LogP contribution in [0.4, 0.5) is 0 Å². The number of hydrogen-bond donors (Lipinski definition) is 3. The van der Waals surface area contributed by atoms with Crippen molar-refractivity contribution in [2.24, 2.45) is 0 Å². The fraction of sp³-hybridized carbons (Fsp3) is 0.250. The lowest BCUT2D eigenvalue weighted by Crippen LogP contribution is -2.55. The van der Waals surface area contributed by atoms with Crippen LogP contribution in [0, 0.1) is 0 Å². The molecule has 0 unspecified atom stereocenters. The standard InChI is InChI=1S/C20H30B6N4O2/c1-8(11(21)17-18(20(2,3)4)28-6-27-17)30-19(32)10(29-7-31)5-9-12(22)14(24)16(26)15(25)13(9)23/h5-7H,21-26H2,1-4H3,(H,27,28)(H,29,31)(H,30,32)/b10-5-,11-8+. The maximum atomic E-state index is 13.1. The van der Waals surface area contributed by atoms with Crippen LogP contribution < -0.4 is 37.9 Å². The molecule has 0 atom stereocenters. The quantitative estimate of drug-likeness (QED) is 0.245. The topological polar surface area (TPSA) is 86.9 Å². The molecule has 0 saturated carbocycles. The third kappa shape index (κ3) is 5.17. The zero-order chi connectivity index (χ0) is 24.4. The second-order valence-corrected chi connectivity index (χ2v) is 9.44. The molecule has 0 aliphatic carbocycles. The van der Waals surface area contributed by atoms with Crippen molar-refractivity contribution in [1.29, 1.82) is 0 Å².